The van der Waals surface area contributed by atoms with Gasteiger partial charge in [0.2, 0.25) is 0 Å². The molecule has 2 aliphatic carbocycles. The second kappa shape index (κ2) is 2.45. The average molecular weight is 152 g/mol. The summed E-state index contributed by atoms with van der Waals surface area (Å²) in [5, 5.41) is 0. The lowest BCUT2D eigenvalue weighted by Crippen LogP contribution is -2.15. The van der Waals surface area contributed by atoms with E-state index >= 15 is 0 Å². The lowest BCUT2D eigenvalue weighted by atomic mass is 9.98. The van der Waals surface area contributed by atoms with Crippen molar-refractivity contribution in [3.8, 4) is 0 Å². The van der Waals surface area contributed by atoms with E-state index in [9.17, 15) is 4.79 Å². The zero-order valence-corrected chi connectivity index (χ0v) is 6.62. The quantitative estimate of drug-likeness (QED) is 0.552. The Morgan fingerprint density at radius 1 is 1.64 bits per heavy atom. The molecule has 2 aliphatic rings. The highest BCUT2D eigenvalue weighted by Crippen LogP contribution is 2.41. The molecule has 0 radical (unpaired) electrons. The van der Waals surface area contributed by atoms with Crippen LogP contribution in [0, 0.1) is 17.8 Å². The summed E-state index contributed by atoms with van der Waals surface area (Å²) in [6, 6.07) is 0. The van der Waals surface area contributed by atoms with E-state index in [1.165, 1.54) is 0 Å². The first-order chi connectivity index (χ1) is 5.33. The minimum atomic E-state index is 0.181. The maximum atomic E-state index is 11.2. The fraction of sp³-hybridized carbons (Fsp3) is 0.667. The summed E-state index contributed by atoms with van der Waals surface area (Å²) in [6.07, 6.45) is 4.95. The van der Waals surface area contributed by atoms with Crippen LogP contribution in [-0.2, 0) is 9.53 Å². The molecule has 60 valence electrons. The lowest BCUT2D eigenvalue weighted by molar-refractivity contribution is -0.120. The van der Waals surface area contributed by atoms with Crippen LogP contribution in [0.3, 0.4) is 0 Å². The van der Waals surface area contributed by atoms with Crippen LogP contribution in [0.15, 0.2) is 12.2 Å². The Labute approximate surface area is 66.2 Å². The fourth-order valence-electron chi connectivity index (χ4n) is 2.17. The Hall–Kier alpha value is -0.630. The third-order valence-electron chi connectivity index (χ3n) is 2.74. The molecule has 2 nitrogen and oxygen atoms in total. The molecule has 1 fully saturated rings. The van der Waals surface area contributed by atoms with Crippen LogP contribution in [0.4, 0.5) is 0 Å². The first-order valence-corrected chi connectivity index (χ1v) is 4.03. The van der Waals surface area contributed by atoms with E-state index in [4.69, 9.17) is 4.74 Å². The molecule has 0 spiro atoms. The first kappa shape index (κ1) is 7.04. The van der Waals surface area contributed by atoms with Crippen molar-refractivity contribution in [2.75, 3.05) is 13.7 Å². The van der Waals surface area contributed by atoms with Gasteiger partial charge in [-0.3, -0.25) is 4.79 Å². The number of methoxy groups -OCH3 is 1. The predicted molar refractivity (Wildman–Crippen MR) is 41.1 cm³/mol. The highest BCUT2D eigenvalue weighted by molar-refractivity contribution is 5.87. The number of ether oxygens (including phenoxy) is 1. The monoisotopic (exact) mass is 152 g/mol. The standard InChI is InChI=1S/C9H12O2/c1-11-5-8-6-2-3-7(8)9(10)4-6/h2-3,6-8H,4-5H2,1H3/t6-,7-,8+/m1/s1. The summed E-state index contributed by atoms with van der Waals surface area (Å²) in [4.78, 5) is 11.2. The van der Waals surface area contributed by atoms with Crippen LogP contribution in [0.2, 0.25) is 0 Å². The topological polar surface area (TPSA) is 26.3 Å². The molecule has 11 heavy (non-hydrogen) atoms. The number of carbonyl (C=O) groups excluding carboxylic acids is 1. The summed E-state index contributed by atoms with van der Waals surface area (Å²) in [6.45, 7) is 0.730. The maximum Gasteiger partial charge on any atom is 0.140 e. The first-order valence-electron chi connectivity index (χ1n) is 4.03. The number of hydrogen-bond acceptors (Lipinski definition) is 2. The maximum absolute atomic E-state index is 11.2. The van der Waals surface area contributed by atoms with Crippen molar-refractivity contribution in [3.05, 3.63) is 12.2 Å². The van der Waals surface area contributed by atoms with Crippen molar-refractivity contribution in [2.24, 2.45) is 17.8 Å². The van der Waals surface area contributed by atoms with Gasteiger partial charge < -0.3 is 4.74 Å². The molecule has 0 unspecified atom stereocenters. The third kappa shape index (κ3) is 0.932. The van der Waals surface area contributed by atoms with Gasteiger partial charge in [0.05, 0.1) is 6.61 Å². The number of allylic oxidation sites excluding steroid dienone is 2. The van der Waals surface area contributed by atoms with Gasteiger partial charge in [-0.1, -0.05) is 12.2 Å². The highest BCUT2D eigenvalue weighted by Gasteiger charge is 2.43. The van der Waals surface area contributed by atoms with Crippen molar-refractivity contribution >= 4 is 5.78 Å². The second-order valence-corrected chi connectivity index (χ2v) is 3.36. The van der Waals surface area contributed by atoms with Crippen molar-refractivity contribution < 1.29 is 9.53 Å². The van der Waals surface area contributed by atoms with E-state index in [2.05, 4.69) is 6.08 Å². The summed E-state index contributed by atoms with van der Waals surface area (Å²) in [5.74, 6) is 1.51. The van der Waals surface area contributed by atoms with Crippen molar-refractivity contribution in [1.29, 1.82) is 0 Å². The predicted octanol–water partition coefficient (Wildman–Crippen LogP) is 1.02. The molecule has 3 atom stereocenters. The summed E-state index contributed by atoms with van der Waals surface area (Å²) >= 11 is 0. The minimum Gasteiger partial charge on any atom is -0.384 e. The van der Waals surface area contributed by atoms with Gasteiger partial charge in [-0.05, 0) is 5.92 Å². The fourth-order valence-corrected chi connectivity index (χ4v) is 2.17. The van der Waals surface area contributed by atoms with Crippen molar-refractivity contribution in [1.82, 2.24) is 0 Å². The number of carbonyl (C=O) groups is 1. The van der Waals surface area contributed by atoms with E-state index < -0.39 is 0 Å². The molecular formula is C9H12O2. The molecule has 0 aromatic carbocycles. The molecule has 0 N–H and O–H groups in total. The van der Waals surface area contributed by atoms with Gasteiger partial charge in [-0.2, -0.15) is 0 Å². The average Bonchev–Trinajstić information content (AvgIpc) is 2.46. The number of ketones is 1. The Balaban J connectivity index is 2.11. The summed E-state index contributed by atoms with van der Waals surface area (Å²) < 4.78 is 5.06. The molecule has 0 amide bonds. The molecule has 1 saturated carbocycles. The normalized spacial score (nSPS) is 40.5. The van der Waals surface area contributed by atoms with Gasteiger partial charge in [0, 0.05) is 25.4 Å². The molecule has 2 bridgehead atoms. The van der Waals surface area contributed by atoms with Gasteiger partial charge >= 0.3 is 0 Å². The smallest absolute Gasteiger partial charge is 0.140 e. The lowest BCUT2D eigenvalue weighted by Gasteiger charge is -2.11. The minimum absolute atomic E-state index is 0.181. The van der Waals surface area contributed by atoms with Crippen LogP contribution in [-0.4, -0.2) is 19.5 Å². The molecule has 0 heterocycles. The summed E-state index contributed by atoms with van der Waals surface area (Å²) in [5.41, 5.74) is 0. The Bertz CT molecular complexity index is 208. The molecule has 2 heteroatoms. The van der Waals surface area contributed by atoms with Gasteiger partial charge in [0.1, 0.15) is 5.78 Å². The van der Waals surface area contributed by atoms with E-state index in [1.54, 1.807) is 7.11 Å². The Morgan fingerprint density at radius 2 is 2.45 bits per heavy atom. The van der Waals surface area contributed by atoms with Crippen LogP contribution in [0.25, 0.3) is 0 Å². The van der Waals surface area contributed by atoms with Crippen LogP contribution < -0.4 is 0 Å². The molecule has 0 aliphatic heterocycles. The van der Waals surface area contributed by atoms with Crippen molar-refractivity contribution in [3.63, 3.8) is 0 Å². The third-order valence-corrected chi connectivity index (χ3v) is 2.74. The molecule has 0 saturated heterocycles. The van der Waals surface area contributed by atoms with Gasteiger partial charge in [-0.15, -0.1) is 0 Å². The molecule has 0 aromatic rings. The Morgan fingerprint density at radius 3 is 2.91 bits per heavy atom. The van der Waals surface area contributed by atoms with Crippen molar-refractivity contribution in [2.45, 2.75) is 6.42 Å². The molecule has 0 aromatic heterocycles. The zero-order valence-electron chi connectivity index (χ0n) is 6.62. The largest absolute Gasteiger partial charge is 0.384 e. The number of rotatable bonds is 2. The van der Waals surface area contributed by atoms with Gasteiger partial charge in [0.25, 0.3) is 0 Å². The van der Waals surface area contributed by atoms with E-state index in [0.29, 0.717) is 17.6 Å². The highest BCUT2D eigenvalue weighted by atomic mass is 16.5. The van der Waals surface area contributed by atoms with E-state index in [1.807, 2.05) is 6.08 Å². The number of fused-ring (bicyclic) bond motifs is 2. The van der Waals surface area contributed by atoms with Gasteiger partial charge in [0.15, 0.2) is 0 Å². The molecule has 2 rings (SSSR count). The van der Waals surface area contributed by atoms with Crippen LogP contribution in [0.1, 0.15) is 6.42 Å². The van der Waals surface area contributed by atoms with E-state index in [0.717, 1.165) is 13.0 Å². The molecular weight excluding hydrogens is 140 g/mol. The summed E-state index contributed by atoms with van der Waals surface area (Å²) in [7, 11) is 1.70. The van der Waals surface area contributed by atoms with Gasteiger partial charge in [-0.25, -0.2) is 0 Å². The van der Waals surface area contributed by atoms with Crippen LogP contribution in [0.5, 0.6) is 0 Å². The van der Waals surface area contributed by atoms with Crippen LogP contribution >= 0.6 is 0 Å². The van der Waals surface area contributed by atoms with E-state index in [-0.39, 0.29) is 5.92 Å². The SMILES string of the molecule is COC[C@H]1[C@@H]2C=C[C@H]1C(=O)C2. The zero-order chi connectivity index (χ0) is 7.84. The number of hydrogen-bond donors (Lipinski definition) is 0. The number of Topliss-reactive ketones (excluding diaryl/α,β-unsaturated/α-hetero) is 1. The Kier molecular flexibility index (Phi) is 1.57. The second-order valence-electron chi connectivity index (χ2n) is 3.36.